The summed E-state index contributed by atoms with van der Waals surface area (Å²) in [6, 6.07) is 10.5. The number of aliphatic imine (C=N–C) groups is 1. The highest BCUT2D eigenvalue weighted by atomic mass is 35.5. The lowest BCUT2D eigenvalue weighted by molar-refractivity contribution is -0.139. The Kier molecular flexibility index (Phi) is 11.2. The van der Waals surface area contributed by atoms with E-state index in [0.717, 1.165) is 0 Å². The van der Waals surface area contributed by atoms with Crippen LogP contribution >= 0.6 is 11.6 Å². The van der Waals surface area contributed by atoms with E-state index in [-0.39, 0.29) is 13.1 Å². The number of halogens is 2. The van der Waals surface area contributed by atoms with E-state index in [4.69, 9.17) is 17.3 Å². The first-order chi connectivity index (χ1) is 22.3. The maximum Gasteiger partial charge on any atom is 0.310 e. The van der Waals surface area contributed by atoms with Gasteiger partial charge in [0.15, 0.2) is 0 Å². The number of hydrogen-bond donors (Lipinski definition) is 6. The second kappa shape index (κ2) is 15.1. The van der Waals surface area contributed by atoms with Crippen LogP contribution in [-0.4, -0.2) is 53.8 Å². The van der Waals surface area contributed by atoms with E-state index in [2.05, 4.69) is 38.1 Å². The van der Waals surface area contributed by atoms with Crippen LogP contribution in [0.5, 0.6) is 0 Å². The quantitative estimate of drug-likeness (QED) is 0.131. The van der Waals surface area contributed by atoms with Gasteiger partial charge in [-0.2, -0.15) is 0 Å². The zero-order valence-corrected chi connectivity index (χ0v) is 27.2. The number of nitrogens with two attached hydrogens (primary N) is 1. The SMILES string of the molecule is CC(C#CC1=C(Cl)C=CCN1)NC(=O)C(=O)NCc1ccccc1C(=O)NC1(c2cc(F)cc(/C(C=NCC(C)(C)O)=C/N)c2)CC1. The number of benzene rings is 2. The van der Waals surface area contributed by atoms with Gasteiger partial charge in [-0.3, -0.25) is 19.4 Å². The average Bonchev–Trinajstić information content (AvgIpc) is 3.81. The molecule has 0 spiro atoms. The van der Waals surface area contributed by atoms with Crippen LogP contribution in [0.1, 0.15) is 60.7 Å². The Morgan fingerprint density at radius 3 is 2.64 bits per heavy atom. The second-order valence-electron chi connectivity index (χ2n) is 12.0. The van der Waals surface area contributed by atoms with Gasteiger partial charge in [-0.1, -0.05) is 41.8 Å². The van der Waals surface area contributed by atoms with Gasteiger partial charge < -0.3 is 32.1 Å². The number of rotatable bonds is 10. The molecule has 0 aromatic heterocycles. The molecule has 2 aliphatic rings. The number of carbonyl (C=O) groups excluding carboxylic acids is 3. The van der Waals surface area contributed by atoms with E-state index in [1.165, 1.54) is 24.5 Å². The van der Waals surface area contributed by atoms with Crippen molar-refractivity contribution in [2.24, 2.45) is 10.7 Å². The summed E-state index contributed by atoms with van der Waals surface area (Å²) in [5, 5.41) is 21.5. The molecule has 2 aromatic rings. The van der Waals surface area contributed by atoms with Gasteiger partial charge in [0.2, 0.25) is 0 Å². The first kappa shape index (κ1) is 34.9. The van der Waals surface area contributed by atoms with E-state index in [1.54, 1.807) is 57.2 Å². The predicted octanol–water partition coefficient (Wildman–Crippen LogP) is 3.12. The Morgan fingerprint density at radius 1 is 1.21 bits per heavy atom. The molecule has 0 radical (unpaired) electrons. The molecule has 1 heterocycles. The van der Waals surface area contributed by atoms with Crippen molar-refractivity contribution in [3.05, 3.63) is 99.6 Å². The number of nitrogens with zero attached hydrogens (tertiary/aromatic N) is 1. The van der Waals surface area contributed by atoms with E-state index in [9.17, 15) is 23.9 Å². The van der Waals surface area contributed by atoms with Gasteiger partial charge in [0, 0.05) is 36.6 Å². The number of aliphatic hydroxyl groups is 1. The van der Waals surface area contributed by atoms with Crippen molar-refractivity contribution in [3.63, 3.8) is 0 Å². The monoisotopic (exact) mass is 660 g/mol. The van der Waals surface area contributed by atoms with Crippen molar-refractivity contribution in [2.45, 2.75) is 57.3 Å². The molecule has 246 valence electrons. The Hall–Kier alpha value is -4.92. The molecule has 12 heteroatoms. The predicted molar refractivity (Wildman–Crippen MR) is 180 cm³/mol. The molecule has 1 atom stereocenters. The van der Waals surface area contributed by atoms with E-state index >= 15 is 0 Å². The van der Waals surface area contributed by atoms with Crippen molar-refractivity contribution in [1.82, 2.24) is 21.3 Å². The Labute approximate surface area is 278 Å². The molecule has 0 bridgehead atoms. The van der Waals surface area contributed by atoms with Crippen LogP contribution in [0, 0.1) is 17.7 Å². The largest absolute Gasteiger partial charge is 0.404 e. The number of carbonyl (C=O) groups is 3. The normalized spacial score (nSPS) is 16.1. The second-order valence-corrected chi connectivity index (χ2v) is 12.4. The molecular formula is C35H38ClFN6O4. The third-order valence-corrected chi connectivity index (χ3v) is 7.66. The minimum absolute atomic E-state index is 0.0829. The zero-order chi connectivity index (χ0) is 34.2. The van der Waals surface area contributed by atoms with Crippen molar-refractivity contribution < 1.29 is 23.9 Å². The molecule has 1 saturated carbocycles. The fourth-order valence-corrected chi connectivity index (χ4v) is 4.94. The third kappa shape index (κ3) is 9.78. The summed E-state index contributed by atoms with van der Waals surface area (Å²) < 4.78 is 14.8. The van der Waals surface area contributed by atoms with Gasteiger partial charge in [-0.15, -0.1) is 0 Å². The van der Waals surface area contributed by atoms with Crippen molar-refractivity contribution in [3.8, 4) is 11.8 Å². The number of dihydropyridines is 1. The van der Waals surface area contributed by atoms with Crippen LogP contribution in [-0.2, 0) is 21.7 Å². The number of nitrogens with one attached hydrogen (secondary N) is 4. The summed E-state index contributed by atoms with van der Waals surface area (Å²) in [6.07, 6.45) is 7.55. The van der Waals surface area contributed by atoms with Crippen molar-refractivity contribution >= 4 is 41.1 Å². The number of amides is 3. The molecule has 1 unspecified atom stereocenters. The molecular weight excluding hydrogens is 623 g/mol. The molecule has 1 fully saturated rings. The van der Waals surface area contributed by atoms with Crippen molar-refractivity contribution in [2.75, 3.05) is 13.1 Å². The first-order valence-electron chi connectivity index (χ1n) is 15.1. The fraction of sp³-hybridized carbons (Fsp3) is 0.314. The van der Waals surface area contributed by atoms with Gasteiger partial charge in [0.05, 0.1) is 28.8 Å². The first-order valence-corrected chi connectivity index (χ1v) is 15.4. The highest BCUT2D eigenvalue weighted by molar-refractivity contribution is 6.35. The highest BCUT2D eigenvalue weighted by Crippen LogP contribution is 2.46. The lowest BCUT2D eigenvalue weighted by Gasteiger charge is -2.20. The van der Waals surface area contributed by atoms with Crippen LogP contribution in [0.4, 0.5) is 4.39 Å². The maximum atomic E-state index is 14.8. The third-order valence-electron chi connectivity index (χ3n) is 7.34. The summed E-state index contributed by atoms with van der Waals surface area (Å²) in [5.74, 6) is 3.02. The molecule has 2 aromatic carbocycles. The van der Waals surface area contributed by atoms with E-state index in [0.29, 0.717) is 57.9 Å². The van der Waals surface area contributed by atoms with Crippen molar-refractivity contribution in [1.29, 1.82) is 0 Å². The summed E-state index contributed by atoms with van der Waals surface area (Å²) >= 11 is 6.10. The lowest BCUT2D eigenvalue weighted by Crippen LogP contribution is -2.43. The van der Waals surface area contributed by atoms with Crippen LogP contribution < -0.4 is 27.0 Å². The lowest BCUT2D eigenvalue weighted by atomic mass is 9.97. The van der Waals surface area contributed by atoms with Gasteiger partial charge in [0.25, 0.3) is 5.91 Å². The van der Waals surface area contributed by atoms with E-state index < -0.39 is 40.7 Å². The average molecular weight is 661 g/mol. The summed E-state index contributed by atoms with van der Waals surface area (Å²) in [4.78, 5) is 42.8. The van der Waals surface area contributed by atoms with Gasteiger partial charge in [-0.25, -0.2) is 4.39 Å². The minimum atomic E-state index is -1.01. The fourth-order valence-electron chi connectivity index (χ4n) is 4.73. The molecule has 1 aliphatic carbocycles. The highest BCUT2D eigenvalue weighted by Gasteiger charge is 2.46. The molecule has 1 aliphatic heterocycles. The van der Waals surface area contributed by atoms with Crippen LogP contribution in [0.15, 0.2) is 76.5 Å². The van der Waals surface area contributed by atoms with Crippen LogP contribution in [0.25, 0.3) is 5.57 Å². The minimum Gasteiger partial charge on any atom is -0.404 e. The molecule has 10 nitrogen and oxygen atoms in total. The molecule has 0 saturated heterocycles. The molecule has 4 rings (SSSR count). The molecule has 3 amide bonds. The Bertz CT molecular complexity index is 1730. The standard InChI is InChI=1S/C35H38ClFN6O4/c1-22(10-11-30-29(36)9-6-14-40-30)42-33(46)32(45)41-20-23-7-4-5-8-28(23)31(44)43-35(12-13-35)26-15-24(16-27(37)17-26)25(18-38)19-39-21-34(2,3)47/h4-9,15-19,22,40,47H,12-14,20-21,38H2,1-3H3,(H,41,45)(H,42,46)(H,43,44)/b25-18+,39-19?. The summed E-state index contributed by atoms with van der Waals surface area (Å²) in [6.45, 7) is 5.53. The molecule has 7 N–H and O–H groups in total. The number of allylic oxidation sites excluding steroid dienone is 4. The van der Waals surface area contributed by atoms with E-state index in [1.807, 2.05) is 6.08 Å². The zero-order valence-electron chi connectivity index (χ0n) is 26.4. The summed E-state index contributed by atoms with van der Waals surface area (Å²) in [5.41, 5.74) is 6.84. The molecule has 47 heavy (non-hydrogen) atoms. The summed E-state index contributed by atoms with van der Waals surface area (Å²) in [7, 11) is 0. The van der Waals surface area contributed by atoms with Gasteiger partial charge in [-0.05, 0) is 86.6 Å². The Morgan fingerprint density at radius 2 is 1.96 bits per heavy atom. The number of hydrogen-bond acceptors (Lipinski definition) is 7. The van der Waals surface area contributed by atoms with Crippen LogP contribution in [0.2, 0.25) is 0 Å². The Balaban J connectivity index is 1.40. The smallest absolute Gasteiger partial charge is 0.310 e. The van der Waals surface area contributed by atoms with Gasteiger partial charge in [0.1, 0.15) is 11.5 Å². The van der Waals surface area contributed by atoms with Gasteiger partial charge >= 0.3 is 11.8 Å². The van der Waals surface area contributed by atoms with Crippen LogP contribution in [0.3, 0.4) is 0 Å². The topological polar surface area (TPSA) is 158 Å². The maximum absolute atomic E-state index is 14.8.